The first kappa shape index (κ1) is 9.99. The monoisotopic (exact) mass is 221 g/mol. The average molecular weight is 221 g/mol. The fourth-order valence-corrected chi connectivity index (χ4v) is 2.63. The Kier molecular flexibility index (Phi) is 2.60. The lowest BCUT2D eigenvalue weighted by atomic mass is 10.1. The molecule has 0 saturated carbocycles. The molecule has 2 rings (SSSR count). The van der Waals surface area contributed by atoms with Crippen molar-refractivity contribution in [2.75, 3.05) is 23.7 Å². The maximum Gasteiger partial charge on any atom is 0.136 e. The summed E-state index contributed by atoms with van der Waals surface area (Å²) in [5.74, 6) is 0.300. The second-order valence-electron chi connectivity index (χ2n) is 3.51. The third kappa shape index (κ3) is 1.81. The van der Waals surface area contributed by atoms with E-state index in [1.54, 1.807) is 5.38 Å². The number of ketones is 1. The Labute approximate surface area is 91.9 Å². The van der Waals surface area contributed by atoms with E-state index in [9.17, 15) is 4.79 Å². The van der Waals surface area contributed by atoms with Gasteiger partial charge in [-0.3, -0.25) is 4.79 Å². The lowest BCUT2D eigenvalue weighted by Crippen LogP contribution is -2.33. The van der Waals surface area contributed by atoms with Crippen LogP contribution in [0.25, 0.3) is 0 Å². The number of anilines is 2. The van der Waals surface area contributed by atoms with Gasteiger partial charge in [-0.15, -0.1) is 11.3 Å². The van der Waals surface area contributed by atoms with Gasteiger partial charge in [0, 0.05) is 31.3 Å². The molecule has 0 atom stereocenters. The fraction of sp³-hybridized carbons (Fsp3) is 0.400. The summed E-state index contributed by atoms with van der Waals surface area (Å²) < 4.78 is 0. The third-order valence-electron chi connectivity index (χ3n) is 2.52. The molecule has 2 heterocycles. The van der Waals surface area contributed by atoms with Crippen molar-refractivity contribution in [3.05, 3.63) is 10.9 Å². The van der Waals surface area contributed by atoms with E-state index in [1.807, 2.05) is 0 Å². The van der Waals surface area contributed by atoms with Crippen molar-refractivity contribution in [3.8, 4) is 6.07 Å². The van der Waals surface area contributed by atoms with Gasteiger partial charge in [0.2, 0.25) is 0 Å². The van der Waals surface area contributed by atoms with Gasteiger partial charge in [0.25, 0.3) is 0 Å². The molecule has 15 heavy (non-hydrogen) atoms. The number of carbonyl (C=O) groups is 1. The first-order valence-corrected chi connectivity index (χ1v) is 5.64. The summed E-state index contributed by atoms with van der Waals surface area (Å²) in [6.07, 6.45) is 1.14. The van der Waals surface area contributed by atoms with Crippen molar-refractivity contribution < 1.29 is 4.79 Å². The Bertz CT molecular complexity index is 422. The Balaban J connectivity index is 2.23. The van der Waals surface area contributed by atoms with E-state index in [0.29, 0.717) is 43.0 Å². The van der Waals surface area contributed by atoms with Crippen molar-refractivity contribution in [1.29, 1.82) is 5.26 Å². The van der Waals surface area contributed by atoms with Gasteiger partial charge in [0.15, 0.2) is 0 Å². The van der Waals surface area contributed by atoms with Gasteiger partial charge in [-0.25, -0.2) is 0 Å². The molecule has 1 fully saturated rings. The Hall–Kier alpha value is -1.54. The van der Waals surface area contributed by atoms with E-state index in [4.69, 9.17) is 11.0 Å². The van der Waals surface area contributed by atoms with Gasteiger partial charge >= 0.3 is 0 Å². The molecular weight excluding hydrogens is 210 g/mol. The number of thiophene rings is 1. The van der Waals surface area contributed by atoms with Crippen molar-refractivity contribution in [2.45, 2.75) is 12.8 Å². The van der Waals surface area contributed by atoms with Crippen LogP contribution in [-0.4, -0.2) is 18.9 Å². The van der Waals surface area contributed by atoms with E-state index in [2.05, 4.69) is 11.0 Å². The summed E-state index contributed by atoms with van der Waals surface area (Å²) in [4.78, 5) is 13.2. The number of carbonyl (C=O) groups excluding carboxylic acids is 1. The quantitative estimate of drug-likeness (QED) is 0.777. The van der Waals surface area contributed by atoms with E-state index < -0.39 is 0 Å². The summed E-state index contributed by atoms with van der Waals surface area (Å²) in [5, 5.41) is 11.6. The van der Waals surface area contributed by atoms with Crippen LogP contribution in [-0.2, 0) is 4.79 Å². The van der Waals surface area contributed by atoms with Crippen LogP contribution >= 0.6 is 11.3 Å². The number of Topliss-reactive ketones (excluding diaryl/α,β-unsaturated/α-hetero) is 1. The minimum Gasteiger partial charge on any atom is -0.397 e. The van der Waals surface area contributed by atoms with Gasteiger partial charge in [0.05, 0.1) is 5.69 Å². The van der Waals surface area contributed by atoms with Crippen LogP contribution in [0.15, 0.2) is 5.38 Å². The largest absolute Gasteiger partial charge is 0.397 e. The number of hydrogen-bond donors (Lipinski definition) is 1. The number of nitrogens with two attached hydrogens (primary N) is 1. The van der Waals surface area contributed by atoms with Crippen LogP contribution in [0, 0.1) is 11.3 Å². The molecular formula is C10H11N3OS. The Morgan fingerprint density at radius 2 is 2.13 bits per heavy atom. The highest BCUT2D eigenvalue weighted by Gasteiger charge is 2.21. The van der Waals surface area contributed by atoms with Gasteiger partial charge < -0.3 is 10.6 Å². The van der Waals surface area contributed by atoms with Crippen molar-refractivity contribution in [3.63, 3.8) is 0 Å². The molecule has 0 aliphatic carbocycles. The fourth-order valence-electron chi connectivity index (χ4n) is 1.66. The molecule has 0 bridgehead atoms. The van der Waals surface area contributed by atoms with E-state index in [-0.39, 0.29) is 0 Å². The van der Waals surface area contributed by atoms with Crippen LogP contribution < -0.4 is 10.6 Å². The molecule has 0 spiro atoms. The molecule has 1 aliphatic heterocycles. The van der Waals surface area contributed by atoms with Crippen molar-refractivity contribution in [2.24, 2.45) is 0 Å². The SMILES string of the molecule is N#Cc1c(N)csc1N1CCC(=O)CC1. The van der Waals surface area contributed by atoms with Gasteiger partial charge in [-0.05, 0) is 0 Å². The van der Waals surface area contributed by atoms with Gasteiger partial charge in [-0.1, -0.05) is 0 Å². The molecule has 5 heteroatoms. The predicted molar refractivity (Wildman–Crippen MR) is 59.9 cm³/mol. The molecule has 1 aromatic heterocycles. The molecule has 2 N–H and O–H groups in total. The number of nitrogen functional groups attached to an aromatic ring is 1. The van der Waals surface area contributed by atoms with Gasteiger partial charge in [-0.2, -0.15) is 5.26 Å². The minimum absolute atomic E-state index is 0.300. The standard InChI is InChI=1S/C10H11N3OS/c11-5-8-9(12)6-15-10(8)13-3-1-7(14)2-4-13/h6H,1-4,12H2. The normalized spacial score (nSPS) is 16.5. The molecule has 0 amide bonds. The van der Waals surface area contributed by atoms with Gasteiger partial charge in [0.1, 0.15) is 22.4 Å². The Morgan fingerprint density at radius 1 is 1.47 bits per heavy atom. The van der Waals surface area contributed by atoms with Crippen LogP contribution in [0.5, 0.6) is 0 Å². The smallest absolute Gasteiger partial charge is 0.136 e. The van der Waals surface area contributed by atoms with Crippen LogP contribution in [0.1, 0.15) is 18.4 Å². The van der Waals surface area contributed by atoms with Crippen molar-refractivity contribution >= 4 is 27.8 Å². The molecule has 78 valence electrons. The van der Waals surface area contributed by atoms with Crippen molar-refractivity contribution in [1.82, 2.24) is 0 Å². The third-order valence-corrected chi connectivity index (χ3v) is 3.58. The molecule has 1 aromatic rings. The topological polar surface area (TPSA) is 70.1 Å². The summed E-state index contributed by atoms with van der Waals surface area (Å²) in [6, 6.07) is 2.11. The van der Waals surface area contributed by atoms with E-state index in [0.717, 1.165) is 5.00 Å². The van der Waals surface area contributed by atoms with Crippen LogP contribution in [0.4, 0.5) is 10.7 Å². The van der Waals surface area contributed by atoms with Crippen LogP contribution in [0.3, 0.4) is 0 Å². The van der Waals surface area contributed by atoms with E-state index in [1.165, 1.54) is 11.3 Å². The zero-order chi connectivity index (χ0) is 10.8. The molecule has 1 aliphatic rings. The zero-order valence-electron chi connectivity index (χ0n) is 8.19. The highest BCUT2D eigenvalue weighted by atomic mass is 32.1. The number of piperidine rings is 1. The predicted octanol–water partition coefficient (Wildman–Crippen LogP) is 1.37. The molecule has 1 saturated heterocycles. The summed E-state index contributed by atoms with van der Waals surface area (Å²) >= 11 is 1.48. The maximum absolute atomic E-state index is 11.1. The summed E-state index contributed by atoms with van der Waals surface area (Å²) in [6.45, 7) is 1.40. The number of hydrogen-bond acceptors (Lipinski definition) is 5. The van der Waals surface area contributed by atoms with E-state index >= 15 is 0 Å². The maximum atomic E-state index is 11.1. The molecule has 0 aromatic carbocycles. The highest BCUT2D eigenvalue weighted by molar-refractivity contribution is 7.15. The lowest BCUT2D eigenvalue weighted by molar-refractivity contribution is -0.119. The highest BCUT2D eigenvalue weighted by Crippen LogP contribution is 2.33. The summed E-state index contributed by atoms with van der Waals surface area (Å²) in [7, 11) is 0. The first-order valence-electron chi connectivity index (χ1n) is 4.76. The number of nitriles is 1. The number of rotatable bonds is 1. The minimum atomic E-state index is 0.300. The molecule has 0 unspecified atom stereocenters. The Morgan fingerprint density at radius 3 is 2.73 bits per heavy atom. The molecule has 0 radical (unpaired) electrons. The zero-order valence-corrected chi connectivity index (χ0v) is 9.01. The molecule has 4 nitrogen and oxygen atoms in total. The second kappa shape index (κ2) is 3.91. The number of nitrogens with zero attached hydrogens (tertiary/aromatic N) is 2. The average Bonchev–Trinajstić information content (AvgIpc) is 2.61. The summed E-state index contributed by atoms with van der Waals surface area (Å²) in [5.41, 5.74) is 6.77. The lowest BCUT2D eigenvalue weighted by Gasteiger charge is -2.26. The first-order chi connectivity index (χ1) is 7.22. The van der Waals surface area contributed by atoms with Crippen LogP contribution in [0.2, 0.25) is 0 Å². The second-order valence-corrected chi connectivity index (χ2v) is 4.37.